The monoisotopic (exact) mass is 408 g/mol. The maximum atomic E-state index is 13.2. The zero-order chi connectivity index (χ0) is 20.9. The molecule has 2 rings (SSSR count). The van der Waals surface area contributed by atoms with Gasteiger partial charge in [-0.3, -0.25) is 9.10 Å². The Morgan fingerprint density at radius 3 is 2.29 bits per heavy atom. The van der Waals surface area contributed by atoms with Crippen LogP contribution in [0, 0.1) is 5.82 Å². The van der Waals surface area contributed by atoms with E-state index >= 15 is 0 Å². The fourth-order valence-electron chi connectivity index (χ4n) is 2.74. The molecule has 150 valence electrons. The summed E-state index contributed by atoms with van der Waals surface area (Å²) in [5.41, 5.74) is 0.499. The van der Waals surface area contributed by atoms with Crippen molar-refractivity contribution in [3.05, 3.63) is 59.9 Å². The van der Waals surface area contributed by atoms with Crippen LogP contribution in [0.25, 0.3) is 0 Å². The minimum Gasteiger partial charge on any atom is -0.465 e. The molecule has 1 unspecified atom stereocenters. The number of carbonyl (C=O) groups is 2. The molecule has 0 heterocycles. The molecule has 9 heteroatoms. The van der Waals surface area contributed by atoms with Crippen LogP contribution < -0.4 is 9.62 Å². The molecule has 2 aromatic rings. The number of halogens is 1. The SMILES string of the molecule is CCC(C(=O)Nc1ccccc1C(=O)OC)N(c1ccc(F)cc1)S(C)(=O)=O. The first-order chi connectivity index (χ1) is 13.2. The summed E-state index contributed by atoms with van der Waals surface area (Å²) >= 11 is 0. The van der Waals surface area contributed by atoms with E-state index in [0.717, 1.165) is 22.7 Å². The van der Waals surface area contributed by atoms with E-state index in [2.05, 4.69) is 5.32 Å². The number of rotatable bonds is 7. The normalized spacial score (nSPS) is 12.1. The van der Waals surface area contributed by atoms with Gasteiger partial charge >= 0.3 is 5.97 Å². The number of sulfonamides is 1. The predicted molar refractivity (Wildman–Crippen MR) is 104 cm³/mol. The summed E-state index contributed by atoms with van der Waals surface area (Å²) in [5.74, 6) is -1.79. The molecule has 7 nitrogen and oxygen atoms in total. The quantitative estimate of drug-likeness (QED) is 0.711. The van der Waals surface area contributed by atoms with E-state index < -0.39 is 33.8 Å². The first-order valence-corrected chi connectivity index (χ1v) is 10.3. The summed E-state index contributed by atoms with van der Waals surface area (Å²) in [6.07, 6.45) is 1.12. The van der Waals surface area contributed by atoms with Crippen molar-refractivity contribution in [2.45, 2.75) is 19.4 Å². The first-order valence-electron chi connectivity index (χ1n) is 8.42. The lowest BCUT2D eigenvalue weighted by atomic mass is 10.1. The van der Waals surface area contributed by atoms with Crippen LogP contribution in [-0.4, -0.2) is 39.7 Å². The van der Waals surface area contributed by atoms with Gasteiger partial charge in [0.25, 0.3) is 0 Å². The van der Waals surface area contributed by atoms with Crippen LogP contribution in [-0.2, 0) is 19.6 Å². The summed E-state index contributed by atoms with van der Waals surface area (Å²) < 4.78 is 43.6. The number of esters is 1. The largest absolute Gasteiger partial charge is 0.465 e. The van der Waals surface area contributed by atoms with Crippen LogP contribution in [0.3, 0.4) is 0 Å². The molecular formula is C19H21FN2O5S. The van der Waals surface area contributed by atoms with E-state index in [0.29, 0.717) is 0 Å². The van der Waals surface area contributed by atoms with Gasteiger partial charge in [-0.1, -0.05) is 19.1 Å². The average Bonchev–Trinajstić information content (AvgIpc) is 2.65. The molecule has 0 aliphatic rings. The smallest absolute Gasteiger partial charge is 0.339 e. The second-order valence-corrected chi connectivity index (χ2v) is 7.85. The maximum absolute atomic E-state index is 13.2. The number of ether oxygens (including phenoxy) is 1. The van der Waals surface area contributed by atoms with Crippen LogP contribution in [0.2, 0.25) is 0 Å². The fraction of sp³-hybridized carbons (Fsp3) is 0.263. The highest BCUT2D eigenvalue weighted by Gasteiger charge is 2.32. The van der Waals surface area contributed by atoms with Gasteiger partial charge in [0.15, 0.2) is 0 Å². The summed E-state index contributed by atoms with van der Waals surface area (Å²) in [4.78, 5) is 24.8. The van der Waals surface area contributed by atoms with Crippen molar-refractivity contribution in [2.24, 2.45) is 0 Å². The lowest BCUT2D eigenvalue weighted by molar-refractivity contribution is -0.117. The third-order valence-corrected chi connectivity index (χ3v) is 5.18. The lowest BCUT2D eigenvalue weighted by Crippen LogP contribution is -2.47. The molecule has 0 aliphatic heterocycles. The number of hydrogen-bond donors (Lipinski definition) is 1. The van der Waals surface area contributed by atoms with Gasteiger partial charge in [-0.2, -0.15) is 0 Å². The molecule has 0 bridgehead atoms. The van der Waals surface area contributed by atoms with Crippen LogP contribution in [0.15, 0.2) is 48.5 Å². The zero-order valence-corrected chi connectivity index (χ0v) is 16.5. The standard InChI is InChI=1S/C19H21FN2O5S/c1-4-17(22(28(3,25)26)14-11-9-13(20)10-12-14)18(23)21-16-8-6-5-7-15(16)19(24)27-2/h5-12,17H,4H2,1-3H3,(H,21,23). The third-order valence-electron chi connectivity index (χ3n) is 4.00. The van der Waals surface area contributed by atoms with Gasteiger partial charge in [0.05, 0.1) is 30.3 Å². The molecule has 0 fully saturated rings. The predicted octanol–water partition coefficient (Wildman–Crippen LogP) is 2.80. The van der Waals surface area contributed by atoms with Crippen molar-refractivity contribution in [1.29, 1.82) is 0 Å². The Balaban J connectivity index is 2.41. The van der Waals surface area contributed by atoms with Gasteiger partial charge < -0.3 is 10.1 Å². The number of nitrogens with zero attached hydrogens (tertiary/aromatic N) is 1. The molecule has 0 aliphatic carbocycles. The zero-order valence-electron chi connectivity index (χ0n) is 15.7. The summed E-state index contributed by atoms with van der Waals surface area (Å²) in [5, 5.41) is 2.59. The number of carbonyl (C=O) groups excluding carboxylic acids is 2. The molecule has 0 spiro atoms. The van der Waals surface area contributed by atoms with Crippen LogP contribution >= 0.6 is 0 Å². The van der Waals surface area contributed by atoms with Crippen molar-refractivity contribution >= 4 is 33.3 Å². The van der Waals surface area contributed by atoms with Gasteiger partial charge in [0.1, 0.15) is 11.9 Å². The van der Waals surface area contributed by atoms with E-state index in [1.165, 1.54) is 31.4 Å². The van der Waals surface area contributed by atoms with Crippen molar-refractivity contribution < 1.29 is 27.1 Å². The van der Waals surface area contributed by atoms with Gasteiger partial charge in [-0.25, -0.2) is 17.6 Å². The summed E-state index contributed by atoms with van der Waals surface area (Å²) in [7, 11) is -2.63. The number of nitrogens with one attached hydrogen (secondary N) is 1. The second kappa shape index (κ2) is 8.83. The van der Waals surface area contributed by atoms with E-state index in [1.54, 1.807) is 19.1 Å². The molecule has 28 heavy (non-hydrogen) atoms. The Bertz CT molecular complexity index is 961. The van der Waals surface area contributed by atoms with E-state index in [1.807, 2.05) is 0 Å². The maximum Gasteiger partial charge on any atom is 0.339 e. The average molecular weight is 408 g/mol. The minimum atomic E-state index is -3.85. The highest BCUT2D eigenvalue weighted by atomic mass is 32.2. The Hall–Kier alpha value is -2.94. The van der Waals surface area contributed by atoms with Crippen molar-refractivity contribution in [3.8, 4) is 0 Å². The number of hydrogen-bond acceptors (Lipinski definition) is 5. The molecule has 0 aromatic heterocycles. The highest BCUT2D eigenvalue weighted by Crippen LogP contribution is 2.24. The molecule has 0 saturated carbocycles. The van der Waals surface area contributed by atoms with Crippen LogP contribution in [0.1, 0.15) is 23.7 Å². The summed E-state index contributed by atoms with van der Waals surface area (Å²) in [6.45, 7) is 1.65. The number of benzene rings is 2. The number of amides is 1. The number of anilines is 2. The second-order valence-electron chi connectivity index (χ2n) is 5.99. The van der Waals surface area contributed by atoms with E-state index in [9.17, 15) is 22.4 Å². The van der Waals surface area contributed by atoms with E-state index in [4.69, 9.17) is 4.74 Å². The molecule has 1 amide bonds. The fourth-order valence-corrected chi connectivity index (χ4v) is 3.96. The van der Waals surface area contributed by atoms with Crippen molar-refractivity contribution in [3.63, 3.8) is 0 Å². The number of para-hydroxylation sites is 1. The topological polar surface area (TPSA) is 92.8 Å². The van der Waals surface area contributed by atoms with Gasteiger partial charge in [0, 0.05) is 0 Å². The van der Waals surface area contributed by atoms with Gasteiger partial charge in [-0.15, -0.1) is 0 Å². The van der Waals surface area contributed by atoms with Gasteiger partial charge in [0.2, 0.25) is 15.9 Å². The number of methoxy groups -OCH3 is 1. The molecule has 2 aromatic carbocycles. The lowest BCUT2D eigenvalue weighted by Gasteiger charge is -2.30. The highest BCUT2D eigenvalue weighted by molar-refractivity contribution is 7.92. The molecule has 0 saturated heterocycles. The van der Waals surface area contributed by atoms with Gasteiger partial charge in [-0.05, 0) is 42.8 Å². The van der Waals surface area contributed by atoms with Crippen molar-refractivity contribution in [1.82, 2.24) is 0 Å². The molecule has 1 N–H and O–H groups in total. The van der Waals surface area contributed by atoms with Crippen LogP contribution in [0.4, 0.5) is 15.8 Å². The third kappa shape index (κ3) is 4.86. The molecular weight excluding hydrogens is 387 g/mol. The first kappa shape index (κ1) is 21.4. The Kier molecular flexibility index (Phi) is 6.74. The Labute approximate surface area is 163 Å². The van der Waals surface area contributed by atoms with Crippen LogP contribution in [0.5, 0.6) is 0 Å². The molecule has 1 atom stereocenters. The molecule has 0 radical (unpaired) electrons. The van der Waals surface area contributed by atoms with E-state index in [-0.39, 0.29) is 23.4 Å². The minimum absolute atomic E-state index is 0.140. The Morgan fingerprint density at radius 2 is 1.75 bits per heavy atom. The Morgan fingerprint density at radius 1 is 1.14 bits per heavy atom. The van der Waals surface area contributed by atoms with Crippen molar-refractivity contribution in [2.75, 3.05) is 23.0 Å². The summed E-state index contributed by atoms with van der Waals surface area (Å²) in [6, 6.07) is 9.93.